The van der Waals surface area contributed by atoms with E-state index in [1.165, 1.54) is 38.5 Å². The van der Waals surface area contributed by atoms with Gasteiger partial charge in [-0.05, 0) is 75.5 Å². The van der Waals surface area contributed by atoms with Crippen molar-refractivity contribution in [3.8, 4) is 0 Å². The Morgan fingerprint density at radius 2 is 1.76 bits per heavy atom. The second-order valence-electron chi connectivity index (χ2n) is 8.48. The smallest absolute Gasteiger partial charge is 0.317 e. The summed E-state index contributed by atoms with van der Waals surface area (Å²) in [7, 11) is 0. The molecule has 5 aliphatic rings. The van der Waals surface area contributed by atoms with E-state index in [1.807, 2.05) is 4.90 Å². The van der Waals surface area contributed by atoms with Crippen LogP contribution in [0.2, 0.25) is 0 Å². The number of hydrogen-bond donors (Lipinski definition) is 2. The van der Waals surface area contributed by atoms with Crippen molar-refractivity contribution in [2.45, 2.75) is 63.5 Å². The van der Waals surface area contributed by atoms with E-state index in [1.54, 1.807) is 0 Å². The van der Waals surface area contributed by atoms with E-state index in [9.17, 15) is 4.79 Å². The molecule has 0 aromatic carbocycles. The molecular weight excluding hydrogens is 262 g/mol. The zero-order valence-electron chi connectivity index (χ0n) is 13.2. The second-order valence-corrected chi connectivity index (χ2v) is 8.48. The first-order chi connectivity index (χ1) is 10.0. The number of hydrogen-bond acceptors (Lipinski definition) is 2. The monoisotopic (exact) mass is 291 g/mol. The molecule has 2 amide bonds. The van der Waals surface area contributed by atoms with E-state index in [0.29, 0.717) is 5.92 Å². The summed E-state index contributed by atoms with van der Waals surface area (Å²) in [6.07, 6.45) is 9.02. The summed E-state index contributed by atoms with van der Waals surface area (Å²) >= 11 is 0. The van der Waals surface area contributed by atoms with Gasteiger partial charge in [-0.15, -0.1) is 0 Å². The lowest BCUT2D eigenvalue weighted by Gasteiger charge is -2.57. The molecule has 1 heterocycles. The molecule has 4 heteroatoms. The predicted molar refractivity (Wildman–Crippen MR) is 82.8 cm³/mol. The Morgan fingerprint density at radius 1 is 1.19 bits per heavy atom. The van der Waals surface area contributed by atoms with Crippen LogP contribution in [0.15, 0.2) is 0 Å². The maximum Gasteiger partial charge on any atom is 0.317 e. The van der Waals surface area contributed by atoms with Gasteiger partial charge in [-0.3, -0.25) is 0 Å². The van der Waals surface area contributed by atoms with Gasteiger partial charge in [0.2, 0.25) is 0 Å². The fraction of sp³-hybridized carbons (Fsp3) is 0.941. The topological polar surface area (TPSA) is 58.4 Å². The van der Waals surface area contributed by atoms with Gasteiger partial charge in [-0.1, -0.05) is 0 Å². The molecule has 4 bridgehead atoms. The number of rotatable bonds is 2. The number of nitrogens with one attached hydrogen (secondary N) is 1. The molecule has 5 rings (SSSR count). The van der Waals surface area contributed by atoms with Crippen LogP contribution in [0.4, 0.5) is 4.79 Å². The van der Waals surface area contributed by atoms with Crippen LogP contribution < -0.4 is 11.1 Å². The molecule has 5 fully saturated rings. The quantitative estimate of drug-likeness (QED) is 0.820. The average Bonchev–Trinajstić information content (AvgIpc) is 2.85. The average molecular weight is 291 g/mol. The molecule has 0 radical (unpaired) electrons. The van der Waals surface area contributed by atoms with E-state index >= 15 is 0 Å². The highest BCUT2D eigenvalue weighted by Crippen LogP contribution is 2.55. The molecule has 4 aliphatic carbocycles. The van der Waals surface area contributed by atoms with Crippen molar-refractivity contribution < 1.29 is 4.79 Å². The third kappa shape index (κ3) is 2.45. The van der Waals surface area contributed by atoms with Crippen molar-refractivity contribution in [2.75, 3.05) is 13.1 Å². The molecule has 0 aromatic heterocycles. The van der Waals surface area contributed by atoms with E-state index in [4.69, 9.17) is 5.73 Å². The summed E-state index contributed by atoms with van der Waals surface area (Å²) in [4.78, 5) is 14.7. The van der Waals surface area contributed by atoms with Crippen LogP contribution in [0.3, 0.4) is 0 Å². The van der Waals surface area contributed by atoms with Gasteiger partial charge >= 0.3 is 6.03 Å². The highest BCUT2D eigenvalue weighted by Gasteiger charge is 2.52. The van der Waals surface area contributed by atoms with Gasteiger partial charge in [0.15, 0.2) is 0 Å². The molecule has 4 saturated carbocycles. The van der Waals surface area contributed by atoms with E-state index < -0.39 is 0 Å². The summed E-state index contributed by atoms with van der Waals surface area (Å²) in [6, 6.07) is 0.377. The van der Waals surface area contributed by atoms with E-state index in [-0.39, 0.29) is 17.6 Å². The zero-order valence-corrected chi connectivity index (χ0v) is 13.2. The Labute approximate surface area is 127 Å². The highest BCUT2D eigenvalue weighted by atomic mass is 16.2. The van der Waals surface area contributed by atoms with E-state index in [2.05, 4.69) is 12.2 Å². The molecule has 0 aromatic rings. The minimum absolute atomic E-state index is 0.137. The molecule has 1 aliphatic heterocycles. The molecule has 1 saturated heterocycles. The Bertz CT molecular complexity index is 398. The maximum atomic E-state index is 12.7. The molecule has 2 atom stereocenters. The Morgan fingerprint density at radius 3 is 2.24 bits per heavy atom. The van der Waals surface area contributed by atoms with Crippen molar-refractivity contribution in [2.24, 2.45) is 29.4 Å². The van der Waals surface area contributed by atoms with Gasteiger partial charge < -0.3 is 16.0 Å². The third-order valence-electron chi connectivity index (χ3n) is 6.67. The van der Waals surface area contributed by atoms with Gasteiger partial charge in [-0.2, -0.15) is 0 Å². The number of carbonyl (C=O) groups is 1. The van der Waals surface area contributed by atoms with E-state index in [0.717, 1.165) is 37.3 Å². The minimum Gasteiger partial charge on any atom is -0.333 e. The molecular formula is C17H29N3O. The maximum absolute atomic E-state index is 12.7. The van der Waals surface area contributed by atoms with Crippen molar-refractivity contribution in [3.63, 3.8) is 0 Å². The van der Waals surface area contributed by atoms with Gasteiger partial charge in [0.05, 0.1) is 0 Å². The molecule has 3 N–H and O–H groups in total. The number of likely N-dealkylation sites (tertiary alicyclic amines) is 1. The molecule has 4 nitrogen and oxygen atoms in total. The lowest BCUT2D eigenvalue weighted by molar-refractivity contribution is -0.0153. The number of amides is 2. The molecule has 2 unspecified atom stereocenters. The largest absolute Gasteiger partial charge is 0.333 e. The molecule has 0 spiro atoms. The Kier molecular flexibility index (Phi) is 3.21. The van der Waals surface area contributed by atoms with Gasteiger partial charge in [0.1, 0.15) is 0 Å². The van der Waals surface area contributed by atoms with Crippen LogP contribution in [0.1, 0.15) is 51.9 Å². The van der Waals surface area contributed by atoms with Crippen LogP contribution in [-0.2, 0) is 0 Å². The van der Waals surface area contributed by atoms with Gasteiger partial charge in [0.25, 0.3) is 0 Å². The first-order valence-electron chi connectivity index (χ1n) is 8.86. The summed E-state index contributed by atoms with van der Waals surface area (Å²) in [6.45, 7) is 3.78. The third-order valence-corrected chi connectivity index (χ3v) is 6.67. The number of nitrogens with two attached hydrogens (primary N) is 1. The fourth-order valence-corrected chi connectivity index (χ4v) is 5.97. The van der Waals surface area contributed by atoms with Gasteiger partial charge in [-0.25, -0.2) is 4.79 Å². The Hall–Kier alpha value is -0.770. The highest BCUT2D eigenvalue weighted by molar-refractivity contribution is 5.75. The van der Waals surface area contributed by atoms with Crippen molar-refractivity contribution in [1.29, 1.82) is 0 Å². The SMILES string of the molecule is CC(N)C1CCN(C(=O)NC23CC4CC(CC(C4)C2)C3)C1. The minimum atomic E-state index is 0.137. The van der Waals surface area contributed by atoms with Crippen molar-refractivity contribution in [1.82, 2.24) is 10.2 Å². The Balaban J connectivity index is 1.41. The van der Waals surface area contributed by atoms with Crippen LogP contribution >= 0.6 is 0 Å². The molecule has 21 heavy (non-hydrogen) atoms. The van der Waals surface area contributed by atoms with Crippen LogP contribution in [-0.4, -0.2) is 35.6 Å². The van der Waals surface area contributed by atoms with Crippen LogP contribution in [0, 0.1) is 23.7 Å². The number of urea groups is 1. The summed E-state index contributed by atoms with van der Waals surface area (Å²) in [5, 5.41) is 3.47. The fourth-order valence-electron chi connectivity index (χ4n) is 5.97. The first kappa shape index (κ1) is 13.9. The lowest BCUT2D eigenvalue weighted by Crippen LogP contribution is -2.61. The first-order valence-corrected chi connectivity index (χ1v) is 8.86. The summed E-state index contributed by atoms with van der Waals surface area (Å²) in [5.41, 5.74) is 6.13. The standard InChI is InChI=1S/C17H29N3O/c1-11(18)15-2-3-20(10-15)16(21)19-17-7-12-4-13(8-17)6-14(5-12)9-17/h11-15H,2-10,18H2,1H3,(H,19,21). The van der Waals surface area contributed by atoms with Crippen molar-refractivity contribution in [3.05, 3.63) is 0 Å². The van der Waals surface area contributed by atoms with Gasteiger partial charge in [0, 0.05) is 24.7 Å². The van der Waals surface area contributed by atoms with Crippen LogP contribution in [0.5, 0.6) is 0 Å². The van der Waals surface area contributed by atoms with Crippen molar-refractivity contribution >= 4 is 6.03 Å². The number of nitrogens with zero attached hydrogens (tertiary/aromatic N) is 1. The zero-order chi connectivity index (χ0) is 14.6. The summed E-state index contributed by atoms with van der Waals surface area (Å²) < 4.78 is 0. The summed E-state index contributed by atoms with van der Waals surface area (Å²) in [5.74, 6) is 3.12. The normalized spacial score (nSPS) is 45.9. The molecule has 118 valence electrons. The number of carbonyl (C=O) groups excluding carboxylic acids is 1. The lowest BCUT2D eigenvalue weighted by atomic mass is 9.53. The van der Waals surface area contributed by atoms with Crippen LogP contribution in [0.25, 0.3) is 0 Å². The predicted octanol–water partition coefficient (Wildman–Crippen LogP) is 2.33. The second kappa shape index (κ2) is 4.87.